The summed E-state index contributed by atoms with van der Waals surface area (Å²) in [6, 6.07) is 0. The number of hydrogen-bond donors (Lipinski definition) is 0. The molecule has 0 spiro atoms. The lowest BCUT2D eigenvalue weighted by Crippen LogP contribution is -2.01. The monoisotopic (exact) mass is 137 g/mol. The average molecular weight is 137 g/mol. The highest BCUT2D eigenvalue weighted by atomic mass is 15.0. The molecule has 0 heterocycles. The van der Waals surface area contributed by atoms with Crippen LogP contribution in [0.15, 0.2) is 36.6 Å². The molecule has 0 radical (unpaired) electrons. The van der Waals surface area contributed by atoms with E-state index in [2.05, 4.69) is 19.7 Å². The Balaban J connectivity index is 3.93. The Labute approximate surface area is 63.3 Å². The predicted molar refractivity (Wildman–Crippen MR) is 46.8 cm³/mol. The second-order valence-electron chi connectivity index (χ2n) is 2.43. The number of allylic oxidation sites excluding steroid dienone is 4. The van der Waals surface area contributed by atoms with E-state index in [0.717, 1.165) is 0 Å². The summed E-state index contributed by atoms with van der Waals surface area (Å²) in [6.45, 7) is 5.64. The molecule has 0 fully saturated rings. The molecule has 0 aromatic carbocycles. The van der Waals surface area contributed by atoms with E-state index in [1.165, 1.54) is 5.57 Å². The first-order chi connectivity index (χ1) is 4.66. The number of hydrogen-bond acceptors (Lipinski definition) is 1. The Morgan fingerprint density at radius 2 is 2.00 bits per heavy atom. The molecule has 0 unspecified atom stereocenters. The molecular weight excluding hydrogens is 122 g/mol. The highest BCUT2D eigenvalue weighted by Gasteiger charge is 1.80. The summed E-state index contributed by atoms with van der Waals surface area (Å²) in [6.07, 6.45) is 7.77. The van der Waals surface area contributed by atoms with Crippen molar-refractivity contribution in [2.45, 2.75) is 6.92 Å². The van der Waals surface area contributed by atoms with Gasteiger partial charge in [0.2, 0.25) is 0 Å². The second kappa shape index (κ2) is 4.86. The Morgan fingerprint density at radius 3 is 2.40 bits per heavy atom. The van der Waals surface area contributed by atoms with Gasteiger partial charge >= 0.3 is 0 Å². The van der Waals surface area contributed by atoms with Crippen molar-refractivity contribution in [3.05, 3.63) is 36.6 Å². The van der Waals surface area contributed by atoms with Crippen LogP contribution in [0, 0.1) is 0 Å². The lowest BCUT2D eigenvalue weighted by atomic mass is 10.3. The van der Waals surface area contributed by atoms with Crippen LogP contribution in [0.2, 0.25) is 0 Å². The van der Waals surface area contributed by atoms with Crippen LogP contribution in [-0.4, -0.2) is 19.0 Å². The van der Waals surface area contributed by atoms with Gasteiger partial charge in [0.1, 0.15) is 0 Å². The van der Waals surface area contributed by atoms with Crippen molar-refractivity contribution < 1.29 is 0 Å². The molecule has 1 nitrogen and oxygen atoms in total. The van der Waals surface area contributed by atoms with Gasteiger partial charge in [-0.05, 0) is 12.5 Å². The van der Waals surface area contributed by atoms with E-state index in [1.807, 2.05) is 31.1 Å². The van der Waals surface area contributed by atoms with Crippen LogP contribution < -0.4 is 0 Å². The van der Waals surface area contributed by atoms with Crippen LogP contribution in [0.4, 0.5) is 0 Å². The van der Waals surface area contributed by atoms with Crippen molar-refractivity contribution in [3.8, 4) is 0 Å². The number of rotatable bonds is 3. The van der Waals surface area contributed by atoms with Gasteiger partial charge in [0.05, 0.1) is 0 Å². The summed E-state index contributed by atoms with van der Waals surface area (Å²) < 4.78 is 0. The summed E-state index contributed by atoms with van der Waals surface area (Å²) in [5, 5.41) is 0. The van der Waals surface area contributed by atoms with Gasteiger partial charge in [0.25, 0.3) is 0 Å². The van der Waals surface area contributed by atoms with Crippen molar-refractivity contribution in [3.63, 3.8) is 0 Å². The highest BCUT2D eigenvalue weighted by molar-refractivity contribution is 5.18. The van der Waals surface area contributed by atoms with Gasteiger partial charge in [-0.1, -0.05) is 24.8 Å². The lowest BCUT2D eigenvalue weighted by molar-refractivity contribution is 0.560. The zero-order valence-electron chi connectivity index (χ0n) is 6.96. The van der Waals surface area contributed by atoms with E-state index in [-0.39, 0.29) is 0 Å². The summed E-state index contributed by atoms with van der Waals surface area (Å²) in [5.74, 6) is 0. The third kappa shape index (κ3) is 5.16. The Morgan fingerprint density at radius 1 is 1.40 bits per heavy atom. The van der Waals surface area contributed by atoms with Gasteiger partial charge in [0, 0.05) is 20.3 Å². The second-order valence-corrected chi connectivity index (χ2v) is 2.43. The van der Waals surface area contributed by atoms with Crippen LogP contribution in [0.3, 0.4) is 0 Å². The molecule has 0 atom stereocenters. The molecule has 0 saturated carbocycles. The van der Waals surface area contributed by atoms with Gasteiger partial charge < -0.3 is 4.90 Å². The first kappa shape index (κ1) is 9.02. The predicted octanol–water partition coefficient (Wildman–Crippen LogP) is 2.19. The van der Waals surface area contributed by atoms with Gasteiger partial charge in [-0.3, -0.25) is 0 Å². The first-order valence-electron chi connectivity index (χ1n) is 3.30. The molecule has 1 heteroatoms. The smallest absolute Gasteiger partial charge is 0.00557 e. The van der Waals surface area contributed by atoms with Crippen molar-refractivity contribution in [1.82, 2.24) is 4.90 Å². The average Bonchev–Trinajstić information content (AvgIpc) is 1.82. The third-order valence-electron chi connectivity index (χ3n) is 0.957. The molecule has 0 aromatic rings. The molecule has 0 N–H and O–H groups in total. The van der Waals surface area contributed by atoms with Gasteiger partial charge in [-0.15, -0.1) is 0 Å². The fourth-order valence-electron chi connectivity index (χ4n) is 0.670. The SMILES string of the molecule is C=C/C=C\C(C)=C/N(C)C. The fourth-order valence-corrected chi connectivity index (χ4v) is 0.670. The molecular formula is C9H15N. The molecule has 10 heavy (non-hydrogen) atoms. The molecule has 0 aliphatic carbocycles. The Bertz CT molecular complexity index is 152. The topological polar surface area (TPSA) is 3.24 Å². The van der Waals surface area contributed by atoms with Gasteiger partial charge in [0.15, 0.2) is 0 Å². The minimum absolute atomic E-state index is 1.23. The largest absolute Gasteiger partial charge is 0.383 e. The van der Waals surface area contributed by atoms with E-state index in [9.17, 15) is 0 Å². The summed E-state index contributed by atoms with van der Waals surface area (Å²) in [5.41, 5.74) is 1.23. The van der Waals surface area contributed by atoms with Crippen LogP contribution in [0.1, 0.15) is 6.92 Å². The molecule has 56 valence electrons. The van der Waals surface area contributed by atoms with Gasteiger partial charge in [-0.2, -0.15) is 0 Å². The molecule has 0 saturated heterocycles. The minimum atomic E-state index is 1.23. The molecule has 0 rings (SSSR count). The molecule has 0 aliphatic heterocycles. The normalized spacial score (nSPS) is 12.1. The quantitative estimate of drug-likeness (QED) is 0.539. The van der Waals surface area contributed by atoms with E-state index in [0.29, 0.717) is 0 Å². The third-order valence-corrected chi connectivity index (χ3v) is 0.957. The van der Waals surface area contributed by atoms with Crippen LogP contribution in [-0.2, 0) is 0 Å². The fraction of sp³-hybridized carbons (Fsp3) is 0.333. The lowest BCUT2D eigenvalue weighted by Gasteiger charge is -2.04. The molecule has 0 amide bonds. The maximum absolute atomic E-state index is 3.58. The molecule has 0 bridgehead atoms. The van der Waals surface area contributed by atoms with Crippen LogP contribution in [0.5, 0.6) is 0 Å². The first-order valence-corrected chi connectivity index (χ1v) is 3.30. The van der Waals surface area contributed by atoms with E-state index in [4.69, 9.17) is 0 Å². The maximum Gasteiger partial charge on any atom is 0.00557 e. The summed E-state index contributed by atoms with van der Waals surface area (Å²) in [7, 11) is 4.01. The standard InChI is InChI=1S/C9H15N/c1-5-6-7-9(2)8-10(3)4/h5-8H,1H2,2-4H3/b7-6-,9-8-. The molecule has 0 aliphatic rings. The minimum Gasteiger partial charge on any atom is -0.383 e. The van der Waals surface area contributed by atoms with Crippen molar-refractivity contribution >= 4 is 0 Å². The van der Waals surface area contributed by atoms with E-state index in [1.54, 1.807) is 6.08 Å². The Kier molecular flexibility index (Phi) is 4.38. The van der Waals surface area contributed by atoms with Crippen molar-refractivity contribution in [2.75, 3.05) is 14.1 Å². The van der Waals surface area contributed by atoms with Crippen molar-refractivity contribution in [2.24, 2.45) is 0 Å². The highest BCUT2D eigenvalue weighted by Crippen LogP contribution is 1.95. The molecule has 0 aromatic heterocycles. The Hall–Kier alpha value is -0.980. The van der Waals surface area contributed by atoms with E-state index >= 15 is 0 Å². The van der Waals surface area contributed by atoms with Crippen molar-refractivity contribution in [1.29, 1.82) is 0 Å². The van der Waals surface area contributed by atoms with Gasteiger partial charge in [-0.25, -0.2) is 0 Å². The number of nitrogens with zero attached hydrogens (tertiary/aromatic N) is 1. The zero-order chi connectivity index (χ0) is 7.98. The summed E-state index contributed by atoms with van der Waals surface area (Å²) >= 11 is 0. The summed E-state index contributed by atoms with van der Waals surface area (Å²) in [4.78, 5) is 2.02. The maximum atomic E-state index is 3.58. The zero-order valence-corrected chi connectivity index (χ0v) is 6.96. The van der Waals surface area contributed by atoms with Crippen LogP contribution in [0.25, 0.3) is 0 Å². The van der Waals surface area contributed by atoms with E-state index < -0.39 is 0 Å². The van der Waals surface area contributed by atoms with Crippen LogP contribution >= 0.6 is 0 Å².